The second-order valence-electron chi connectivity index (χ2n) is 5.60. The van der Waals surface area contributed by atoms with Gasteiger partial charge in [0.05, 0.1) is 0 Å². The highest BCUT2D eigenvalue weighted by Gasteiger charge is 2.27. The van der Waals surface area contributed by atoms with E-state index in [2.05, 4.69) is 31.9 Å². The van der Waals surface area contributed by atoms with Crippen LogP contribution in [0.15, 0.2) is 18.5 Å². The van der Waals surface area contributed by atoms with Crippen molar-refractivity contribution in [3.63, 3.8) is 0 Å². The van der Waals surface area contributed by atoms with E-state index in [-0.39, 0.29) is 5.28 Å². The van der Waals surface area contributed by atoms with E-state index in [0.717, 1.165) is 6.42 Å². The maximum atomic E-state index is 6.06. The highest BCUT2D eigenvalue weighted by Crippen LogP contribution is 2.29. The molecule has 0 radical (unpaired) electrons. The van der Waals surface area contributed by atoms with Gasteiger partial charge in [0, 0.05) is 25.5 Å². The summed E-state index contributed by atoms with van der Waals surface area (Å²) in [5.74, 6) is 1.69. The van der Waals surface area contributed by atoms with Crippen LogP contribution < -0.4 is 4.90 Å². The fourth-order valence-electron chi connectivity index (χ4n) is 3.00. The molecule has 3 rings (SSSR count). The standard InChI is InChI=1S/C14H19ClN6/c1-10-6-3-4-7-11(10)20(2)13-17-12(15)18-14(19-13)21-9-5-8-16-21/h5,8-11H,3-4,6-7H2,1-2H3. The number of hydrogen-bond donors (Lipinski definition) is 0. The first-order chi connectivity index (χ1) is 10.1. The molecule has 0 aliphatic heterocycles. The van der Waals surface area contributed by atoms with Crippen LogP contribution in [0.2, 0.25) is 5.28 Å². The molecular weight excluding hydrogens is 288 g/mol. The second-order valence-corrected chi connectivity index (χ2v) is 5.93. The zero-order valence-corrected chi connectivity index (χ0v) is 13.0. The molecule has 0 spiro atoms. The SMILES string of the molecule is CC1CCCCC1N(C)c1nc(Cl)nc(-n2cccn2)n1. The van der Waals surface area contributed by atoms with Crippen LogP contribution in [0.3, 0.4) is 0 Å². The Labute approximate surface area is 129 Å². The summed E-state index contributed by atoms with van der Waals surface area (Å²) in [6.45, 7) is 2.29. The Bertz CT molecular complexity index is 600. The van der Waals surface area contributed by atoms with Gasteiger partial charge in [-0.15, -0.1) is 0 Å². The third-order valence-corrected chi connectivity index (χ3v) is 4.34. The Morgan fingerprint density at radius 1 is 1.24 bits per heavy atom. The van der Waals surface area contributed by atoms with E-state index in [1.54, 1.807) is 17.1 Å². The topological polar surface area (TPSA) is 59.7 Å². The van der Waals surface area contributed by atoms with Crippen molar-refractivity contribution in [2.24, 2.45) is 5.92 Å². The van der Waals surface area contributed by atoms with Gasteiger partial charge in [0.15, 0.2) is 0 Å². The highest BCUT2D eigenvalue weighted by atomic mass is 35.5. The van der Waals surface area contributed by atoms with Crippen molar-refractivity contribution >= 4 is 17.5 Å². The molecule has 2 heterocycles. The van der Waals surface area contributed by atoms with Crippen molar-refractivity contribution in [2.45, 2.75) is 38.6 Å². The fraction of sp³-hybridized carbons (Fsp3) is 0.571. The van der Waals surface area contributed by atoms with Gasteiger partial charge >= 0.3 is 0 Å². The zero-order chi connectivity index (χ0) is 14.8. The Morgan fingerprint density at radius 2 is 2.05 bits per heavy atom. The minimum absolute atomic E-state index is 0.195. The van der Waals surface area contributed by atoms with Crippen molar-refractivity contribution in [3.05, 3.63) is 23.7 Å². The molecule has 7 heteroatoms. The normalized spacial score (nSPS) is 22.2. The molecule has 2 unspecified atom stereocenters. The van der Waals surface area contributed by atoms with Gasteiger partial charge < -0.3 is 4.90 Å². The Kier molecular flexibility index (Phi) is 4.05. The third kappa shape index (κ3) is 3.00. The average Bonchev–Trinajstić information content (AvgIpc) is 3.01. The first kappa shape index (κ1) is 14.3. The van der Waals surface area contributed by atoms with Gasteiger partial charge in [0.2, 0.25) is 11.2 Å². The smallest absolute Gasteiger partial charge is 0.256 e. The molecule has 2 atom stereocenters. The molecule has 21 heavy (non-hydrogen) atoms. The molecule has 6 nitrogen and oxygen atoms in total. The molecule has 1 aliphatic rings. The fourth-order valence-corrected chi connectivity index (χ4v) is 3.15. The third-order valence-electron chi connectivity index (χ3n) is 4.17. The summed E-state index contributed by atoms with van der Waals surface area (Å²) < 4.78 is 1.59. The number of nitrogens with zero attached hydrogens (tertiary/aromatic N) is 6. The largest absolute Gasteiger partial charge is 0.340 e. The van der Waals surface area contributed by atoms with E-state index in [1.165, 1.54) is 19.3 Å². The minimum atomic E-state index is 0.195. The lowest BCUT2D eigenvalue weighted by atomic mass is 9.85. The van der Waals surface area contributed by atoms with Crippen molar-refractivity contribution in [1.82, 2.24) is 24.7 Å². The molecule has 1 fully saturated rings. The van der Waals surface area contributed by atoms with Crippen LogP contribution in [0.5, 0.6) is 0 Å². The highest BCUT2D eigenvalue weighted by molar-refractivity contribution is 6.28. The molecule has 0 aromatic carbocycles. The van der Waals surface area contributed by atoms with Crippen molar-refractivity contribution in [1.29, 1.82) is 0 Å². The van der Waals surface area contributed by atoms with E-state index in [1.807, 2.05) is 13.1 Å². The van der Waals surface area contributed by atoms with Crippen LogP contribution in [0.4, 0.5) is 5.95 Å². The van der Waals surface area contributed by atoms with Crippen molar-refractivity contribution in [2.75, 3.05) is 11.9 Å². The van der Waals surface area contributed by atoms with E-state index in [0.29, 0.717) is 23.9 Å². The van der Waals surface area contributed by atoms with Crippen LogP contribution in [-0.2, 0) is 0 Å². The summed E-state index contributed by atoms with van der Waals surface area (Å²) in [5, 5.41) is 4.34. The number of aromatic nitrogens is 5. The predicted molar refractivity (Wildman–Crippen MR) is 81.8 cm³/mol. The van der Waals surface area contributed by atoms with E-state index < -0.39 is 0 Å². The van der Waals surface area contributed by atoms with E-state index in [9.17, 15) is 0 Å². The molecule has 1 saturated carbocycles. The summed E-state index contributed by atoms with van der Waals surface area (Å²) >= 11 is 6.06. The summed E-state index contributed by atoms with van der Waals surface area (Å²) in [6, 6.07) is 2.27. The van der Waals surface area contributed by atoms with Crippen LogP contribution in [0.25, 0.3) is 5.95 Å². The molecule has 2 aromatic rings. The number of anilines is 1. The Hall–Kier alpha value is -1.69. The van der Waals surface area contributed by atoms with Gasteiger partial charge in [-0.3, -0.25) is 0 Å². The molecule has 0 bridgehead atoms. The average molecular weight is 307 g/mol. The maximum absolute atomic E-state index is 6.06. The monoisotopic (exact) mass is 306 g/mol. The van der Waals surface area contributed by atoms with Gasteiger partial charge in [0.25, 0.3) is 5.95 Å². The molecule has 0 N–H and O–H groups in total. The zero-order valence-electron chi connectivity index (χ0n) is 12.3. The summed E-state index contributed by atoms with van der Waals surface area (Å²) in [6.07, 6.45) is 8.45. The second kappa shape index (κ2) is 5.97. The van der Waals surface area contributed by atoms with Crippen LogP contribution in [0.1, 0.15) is 32.6 Å². The predicted octanol–water partition coefficient (Wildman–Crippen LogP) is 2.73. The quantitative estimate of drug-likeness (QED) is 0.872. The first-order valence-corrected chi connectivity index (χ1v) is 7.67. The number of halogens is 1. The van der Waals surface area contributed by atoms with Crippen molar-refractivity contribution < 1.29 is 0 Å². The lowest BCUT2D eigenvalue weighted by Gasteiger charge is -2.36. The first-order valence-electron chi connectivity index (χ1n) is 7.29. The summed E-state index contributed by atoms with van der Waals surface area (Å²) in [5.41, 5.74) is 0. The molecule has 1 aliphatic carbocycles. The Balaban J connectivity index is 1.91. The molecule has 2 aromatic heterocycles. The van der Waals surface area contributed by atoms with Gasteiger partial charge in [-0.2, -0.15) is 20.1 Å². The number of hydrogen-bond acceptors (Lipinski definition) is 5. The lowest BCUT2D eigenvalue weighted by molar-refractivity contribution is 0.319. The van der Waals surface area contributed by atoms with E-state index in [4.69, 9.17) is 11.6 Å². The van der Waals surface area contributed by atoms with Gasteiger partial charge in [-0.05, 0) is 36.4 Å². The number of rotatable bonds is 3. The van der Waals surface area contributed by atoms with Crippen LogP contribution in [0, 0.1) is 5.92 Å². The molecule has 0 saturated heterocycles. The molecule has 112 valence electrons. The lowest BCUT2D eigenvalue weighted by Crippen LogP contribution is -2.40. The van der Waals surface area contributed by atoms with Crippen molar-refractivity contribution in [3.8, 4) is 5.95 Å². The van der Waals surface area contributed by atoms with E-state index >= 15 is 0 Å². The van der Waals surface area contributed by atoms with Gasteiger partial charge in [-0.1, -0.05) is 19.8 Å². The van der Waals surface area contributed by atoms with Crippen LogP contribution >= 0.6 is 11.6 Å². The van der Waals surface area contributed by atoms with Crippen LogP contribution in [-0.4, -0.2) is 37.8 Å². The van der Waals surface area contributed by atoms with Gasteiger partial charge in [0.1, 0.15) is 0 Å². The molecule has 0 amide bonds. The Morgan fingerprint density at radius 3 is 2.76 bits per heavy atom. The summed E-state index contributed by atoms with van der Waals surface area (Å²) in [7, 11) is 2.03. The van der Waals surface area contributed by atoms with Gasteiger partial charge in [-0.25, -0.2) is 4.68 Å². The molecular formula is C14H19ClN6. The maximum Gasteiger partial charge on any atom is 0.256 e. The summed E-state index contributed by atoms with van der Waals surface area (Å²) in [4.78, 5) is 15.1. The minimum Gasteiger partial charge on any atom is -0.340 e.